The minimum atomic E-state index is -1.22. The first kappa shape index (κ1) is 14.1. The zero-order valence-electron chi connectivity index (χ0n) is 9.12. The zero-order valence-corrected chi connectivity index (χ0v) is 11.4. The van der Waals surface area contributed by atoms with Gasteiger partial charge >= 0.3 is 5.97 Å². The van der Waals surface area contributed by atoms with Crippen molar-refractivity contribution < 1.29 is 14.3 Å². The number of halogens is 4. The number of pyridine rings is 1. The lowest BCUT2D eigenvalue weighted by Gasteiger charge is -2.08. The second kappa shape index (κ2) is 5.33. The number of aromatic nitrogens is 1. The molecule has 98 valence electrons. The first-order valence-electron chi connectivity index (χ1n) is 4.94. The molecule has 0 saturated carbocycles. The van der Waals surface area contributed by atoms with E-state index in [2.05, 4.69) is 4.98 Å². The smallest absolute Gasteiger partial charge is 0.337 e. The zero-order chi connectivity index (χ0) is 14.2. The number of hydrogen-bond donors (Lipinski definition) is 1. The average Bonchev–Trinajstić information content (AvgIpc) is 2.34. The van der Waals surface area contributed by atoms with Gasteiger partial charge in [0.05, 0.1) is 20.6 Å². The van der Waals surface area contributed by atoms with Gasteiger partial charge in [0.25, 0.3) is 0 Å². The molecule has 19 heavy (non-hydrogen) atoms. The Balaban J connectivity index is 2.67. The Morgan fingerprint density at radius 2 is 1.68 bits per heavy atom. The lowest BCUT2D eigenvalue weighted by Crippen LogP contribution is -2.00. The SMILES string of the molecule is O=C(O)c1cnc(F)c(-c2cc(Cl)c(Cl)cc2Cl)c1. The minimum Gasteiger partial charge on any atom is -0.478 e. The third-order valence-electron chi connectivity index (χ3n) is 2.39. The third-order valence-corrected chi connectivity index (χ3v) is 3.42. The van der Waals surface area contributed by atoms with Gasteiger partial charge in [-0.25, -0.2) is 9.78 Å². The van der Waals surface area contributed by atoms with E-state index in [1.165, 1.54) is 12.1 Å². The van der Waals surface area contributed by atoms with Crippen molar-refractivity contribution in [2.75, 3.05) is 0 Å². The molecule has 1 N–H and O–H groups in total. The van der Waals surface area contributed by atoms with Gasteiger partial charge in [-0.05, 0) is 18.2 Å². The number of carbonyl (C=O) groups is 1. The summed E-state index contributed by atoms with van der Waals surface area (Å²) in [6.07, 6.45) is 0.923. The second-order valence-electron chi connectivity index (χ2n) is 3.61. The maximum absolute atomic E-state index is 13.7. The number of aromatic carboxylic acids is 1. The van der Waals surface area contributed by atoms with Crippen LogP contribution in [0.5, 0.6) is 0 Å². The summed E-state index contributed by atoms with van der Waals surface area (Å²) < 4.78 is 13.7. The van der Waals surface area contributed by atoms with Gasteiger partial charge in [-0.15, -0.1) is 0 Å². The van der Waals surface area contributed by atoms with Crippen LogP contribution in [0, 0.1) is 5.95 Å². The molecule has 0 amide bonds. The van der Waals surface area contributed by atoms with Gasteiger partial charge in [0, 0.05) is 17.3 Å². The average molecular weight is 321 g/mol. The van der Waals surface area contributed by atoms with Crippen molar-refractivity contribution in [2.45, 2.75) is 0 Å². The Bertz CT molecular complexity index is 676. The lowest BCUT2D eigenvalue weighted by atomic mass is 10.1. The molecular formula is C12H5Cl3FNO2. The number of rotatable bonds is 2. The Labute approximate surface area is 122 Å². The van der Waals surface area contributed by atoms with E-state index in [9.17, 15) is 9.18 Å². The highest BCUT2D eigenvalue weighted by atomic mass is 35.5. The number of benzene rings is 1. The first-order valence-corrected chi connectivity index (χ1v) is 6.07. The van der Waals surface area contributed by atoms with Crippen LogP contribution in [0.1, 0.15) is 10.4 Å². The molecule has 3 nitrogen and oxygen atoms in total. The van der Waals surface area contributed by atoms with Gasteiger partial charge in [0.1, 0.15) is 0 Å². The molecule has 2 rings (SSSR count). The van der Waals surface area contributed by atoms with Crippen LogP contribution < -0.4 is 0 Å². The van der Waals surface area contributed by atoms with Crippen LogP contribution in [0.25, 0.3) is 11.1 Å². The highest BCUT2D eigenvalue weighted by molar-refractivity contribution is 6.44. The molecule has 0 aliphatic heterocycles. The summed E-state index contributed by atoms with van der Waals surface area (Å²) in [7, 11) is 0. The number of carboxylic acid groups (broad SMARTS) is 1. The largest absolute Gasteiger partial charge is 0.478 e. The van der Waals surface area contributed by atoms with Gasteiger partial charge in [0.15, 0.2) is 0 Å². The normalized spacial score (nSPS) is 10.5. The first-order chi connectivity index (χ1) is 8.90. The fraction of sp³-hybridized carbons (Fsp3) is 0. The molecule has 0 fully saturated rings. The van der Waals surface area contributed by atoms with E-state index >= 15 is 0 Å². The summed E-state index contributed by atoms with van der Waals surface area (Å²) in [5, 5.41) is 9.43. The summed E-state index contributed by atoms with van der Waals surface area (Å²) in [4.78, 5) is 14.2. The van der Waals surface area contributed by atoms with Crippen molar-refractivity contribution in [3.8, 4) is 11.1 Å². The lowest BCUT2D eigenvalue weighted by molar-refractivity contribution is 0.0696. The van der Waals surface area contributed by atoms with E-state index in [0.717, 1.165) is 12.3 Å². The van der Waals surface area contributed by atoms with Crippen molar-refractivity contribution in [2.24, 2.45) is 0 Å². The molecule has 1 heterocycles. The molecule has 7 heteroatoms. The van der Waals surface area contributed by atoms with Crippen LogP contribution in [0.15, 0.2) is 24.4 Å². The van der Waals surface area contributed by atoms with Gasteiger partial charge < -0.3 is 5.11 Å². The number of nitrogens with zero attached hydrogens (tertiary/aromatic N) is 1. The molecule has 1 aromatic carbocycles. The van der Waals surface area contributed by atoms with Crippen molar-refractivity contribution in [3.63, 3.8) is 0 Å². The van der Waals surface area contributed by atoms with Crippen molar-refractivity contribution in [1.82, 2.24) is 4.98 Å². The molecule has 0 radical (unpaired) electrons. The molecule has 0 unspecified atom stereocenters. The van der Waals surface area contributed by atoms with Gasteiger partial charge in [-0.2, -0.15) is 4.39 Å². The van der Waals surface area contributed by atoms with E-state index in [0.29, 0.717) is 0 Å². The number of hydrogen-bond acceptors (Lipinski definition) is 2. The molecule has 0 saturated heterocycles. The van der Waals surface area contributed by atoms with E-state index in [4.69, 9.17) is 39.9 Å². The number of carboxylic acids is 1. The maximum atomic E-state index is 13.7. The standard InChI is InChI=1S/C12H5Cl3FNO2/c13-8-3-10(15)9(14)2-6(8)7-1-5(12(18)19)4-17-11(7)16/h1-4H,(H,18,19). The van der Waals surface area contributed by atoms with Crippen LogP contribution in [-0.4, -0.2) is 16.1 Å². The molecule has 0 bridgehead atoms. The van der Waals surface area contributed by atoms with Crippen LogP contribution in [0.3, 0.4) is 0 Å². The summed E-state index contributed by atoms with van der Waals surface area (Å²) in [6, 6.07) is 3.85. The van der Waals surface area contributed by atoms with E-state index < -0.39 is 11.9 Å². The third kappa shape index (κ3) is 2.81. The Morgan fingerprint density at radius 3 is 2.32 bits per heavy atom. The van der Waals surface area contributed by atoms with Gasteiger partial charge in [-0.1, -0.05) is 34.8 Å². The van der Waals surface area contributed by atoms with E-state index in [-0.39, 0.29) is 31.8 Å². The topological polar surface area (TPSA) is 50.2 Å². The predicted octanol–water partition coefficient (Wildman–Crippen LogP) is 4.55. The van der Waals surface area contributed by atoms with Crippen molar-refractivity contribution in [3.05, 3.63) is 51.0 Å². The molecule has 0 spiro atoms. The fourth-order valence-electron chi connectivity index (χ4n) is 1.48. The molecule has 1 aromatic heterocycles. The highest BCUT2D eigenvalue weighted by Crippen LogP contribution is 2.36. The maximum Gasteiger partial charge on any atom is 0.337 e. The summed E-state index contributed by atoms with van der Waals surface area (Å²) in [5.41, 5.74) is 0.0196. The molecule has 0 aliphatic rings. The molecule has 0 aliphatic carbocycles. The summed E-state index contributed by atoms with van der Waals surface area (Å²) >= 11 is 17.6. The Morgan fingerprint density at radius 1 is 1.05 bits per heavy atom. The summed E-state index contributed by atoms with van der Waals surface area (Å²) in [5.74, 6) is -2.06. The van der Waals surface area contributed by atoms with Gasteiger partial charge in [-0.3, -0.25) is 0 Å². The molecule has 0 atom stereocenters. The predicted molar refractivity (Wildman–Crippen MR) is 71.6 cm³/mol. The monoisotopic (exact) mass is 319 g/mol. The van der Waals surface area contributed by atoms with Crippen LogP contribution in [0.2, 0.25) is 15.1 Å². The van der Waals surface area contributed by atoms with E-state index in [1.54, 1.807) is 0 Å². The quantitative estimate of drug-likeness (QED) is 0.652. The highest BCUT2D eigenvalue weighted by Gasteiger charge is 2.15. The van der Waals surface area contributed by atoms with Crippen molar-refractivity contribution >= 4 is 40.8 Å². The molecular weight excluding hydrogens is 315 g/mol. The van der Waals surface area contributed by atoms with Crippen molar-refractivity contribution in [1.29, 1.82) is 0 Å². The Kier molecular flexibility index (Phi) is 3.94. The summed E-state index contributed by atoms with van der Waals surface area (Å²) in [6.45, 7) is 0. The minimum absolute atomic E-state index is 0.0523. The van der Waals surface area contributed by atoms with E-state index in [1.807, 2.05) is 0 Å². The second-order valence-corrected chi connectivity index (χ2v) is 4.84. The molecule has 2 aromatic rings. The fourth-order valence-corrected chi connectivity index (χ4v) is 2.13. The Hall–Kier alpha value is -1.36. The van der Waals surface area contributed by atoms with Crippen LogP contribution in [-0.2, 0) is 0 Å². The van der Waals surface area contributed by atoms with Crippen LogP contribution >= 0.6 is 34.8 Å². The van der Waals surface area contributed by atoms with Gasteiger partial charge in [0.2, 0.25) is 5.95 Å². The van der Waals surface area contributed by atoms with Crippen LogP contribution in [0.4, 0.5) is 4.39 Å².